The number of halogens is 1. The molecule has 1 fully saturated rings. The van der Waals surface area contributed by atoms with Gasteiger partial charge in [0.25, 0.3) is 0 Å². The highest BCUT2D eigenvalue weighted by Gasteiger charge is 2.26. The molecule has 0 saturated carbocycles. The Kier molecular flexibility index (Phi) is 5.59. The van der Waals surface area contributed by atoms with Crippen LogP contribution in [0.2, 0.25) is 0 Å². The highest BCUT2D eigenvalue weighted by atomic mass is 19.1. The maximum Gasteiger partial charge on any atom is 0.413 e. The number of ether oxygens (including phenoxy) is 2. The number of rotatable bonds is 3. The molecule has 1 aliphatic heterocycles. The number of aryl methyl sites for hydroxylation is 1. The fourth-order valence-electron chi connectivity index (χ4n) is 4.64. The van der Waals surface area contributed by atoms with Gasteiger partial charge in [0.15, 0.2) is 5.82 Å². The molecule has 9 heteroatoms. The molecule has 4 N–H and O–H groups in total. The summed E-state index contributed by atoms with van der Waals surface area (Å²) in [4.78, 5) is 20.9. The van der Waals surface area contributed by atoms with Gasteiger partial charge in [-0.1, -0.05) is 0 Å². The first kappa shape index (κ1) is 21.5. The molecule has 3 heterocycles. The van der Waals surface area contributed by atoms with Gasteiger partial charge in [0.2, 0.25) is 0 Å². The summed E-state index contributed by atoms with van der Waals surface area (Å²) in [6, 6.07) is 3.29. The van der Waals surface area contributed by atoms with Crippen LogP contribution >= 0.6 is 0 Å². The van der Waals surface area contributed by atoms with Crippen molar-refractivity contribution in [1.82, 2.24) is 9.97 Å². The van der Waals surface area contributed by atoms with E-state index in [1.807, 2.05) is 6.92 Å². The number of nitrogens with two attached hydrogens (primary N) is 1. The Labute approximate surface area is 189 Å². The van der Waals surface area contributed by atoms with Crippen molar-refractivity contribution in [3.8, 4) is 11.1 Å². The summed E-state index contributed by atoms with van der Waals surface area (Å²) < 4.78 is 26.0. The van der Waals surface area contributed by atoms with E-state index in [1.165, 1.54) is 6.20 Å². The molecule has 8 nitrogen and oxygen atoms in total. The van der Waals surface area contributed by atoms with E-state index in [1.54, 1.807) is 18.3 Å². The van der Waals surface area contributed by atoms with Gasteiger partial charge >= 0.3 is 6.09 Å². The first-order chi connectivity index (χ1) is 15.9. The number of benzene rings is 1. The molecule has 0 bridgehead atoms. The molecule has 1 amide bonds. The number of anilines is 2. The standard InChI is InChI=1S/C24H25FN4O4/c1-12-16(10-27-18-2-3-19(30)21(12)18)15-8-13-9-20(28-11-17(13)23(26)22(15)25)29-24(31)33-14-4-6-32-7-5-14/h8-11,14,19,30H,2-7,26H2,1H3,(H,28,29,31)/t19-/m0/s1. The third-order valence-electron chi connectivity index (χ3n) is 6.42. The van der Waals surface area contributed by atoms with Gasteiger partial charge in [-0.3, -0.25) is 10.3 Å². The van der Waals surface area contributed by atoms with E-state index in [0.29, 0.717) is 55.2 Å². The molecule has 172 valence electrons. The minimum Gasteiger partial charge on any atom is -0.446 e. The molecular formula is C24H25FN4O4. The molecule has 0 spiro atoms. The predicted molar refractivity (Wildman–Crippen MR) is 121 cm³/mol. The summed E-state index contributed by atoms with van der Waals surface area (Å²) in [6.45, 7) is 2.98. The molecule has 1 saturated heterocycles. The van der Waals surface area contributed by atoms with Crippen molar-refractivity contribution >= 4 is 28.4 Å². The van der Waals surface area contributed by atoms with Crippen LogP contribution in [-0.4, -0.2) is 40.5 Å². The minimum absolute atomic E-state index is 0.0354. The highest BCUT2D eigenvalue weighted by molar-refractivity contribution is 5.99. The van der Waals surface area contributed by atoms with Crippen LogP contribution in [0.1, 0.15) is 42.2 Å². The Morgan fingerprint density at radius 2 is 2.00 bits per heavy atom. The van der Waals surface area contributed by atoms with E-state index in [4.69, 9.17) is 15.2 Å². The average molecular weight is 452 g/mol. The Hall–Kier alpha value is -3.30. The number of nitrogens with one attached hydrogen (secondary N) is 1. The zero-order valence-corrected chi connectivity index (χ0v) is 18.2. The first-order valence-electron chi connectivity index (χ1n) is 11.0. The van der Waals surface area contributed by atoms with Crippen LogP contribution in [-0.2, 0) is 15.9 Å². The number of carbonyl (C=O) groups excluding carboxylic acids is 1. The van der Waals surface area contributed by atoms with E-state index in [2.05, 4.69) is 15.3 Å². The number of aromatic nitrogens is 2. The van der Waals surface area contributed by atoms with Crippen molar-refractivity contribution in [2.24, 2.45) is 0 Å². The Bertz CT molecular complexity index is 1240. The molecule has 1 aliphatic carbocycles. The lowest BCUT2D eigenvalue weighted by Gasteiger charge is -2.22. The quantitative estimate of drug-likeness (QED) is 0.513. The van der Waals surface area contributed by atoms with E-state index in [0.717, 1.165) is 16.8 Å². The Balaban J connectivity index is 1.48. The molecule has 2 aliphatic rings. The fourth-order valence-corrected chi connectivity index (χ4v) is 4.64. The number of nitrogens with zero attached hydrogens (tertiary/aromatic N) is 2. The maximum atomic E-state index is 15.3. The number of aliphatic hydroxyl groups is 1. The van der Waals surface area contributed by atoms with Crippen LogP contribution in [0.4, 0.5) is 20.7 Å². The Morgan fingerprint density at radius 1 is 1.21 bits per heavy atom. The van der Waals surface area contributed by atoms with Crippen molar-refractivity contribution in [3.05, 3.63) is 47.2 Å². The van der Waals surface area contributed by atoms with Gasteiger partial charge in [0, 0.05) is 53.0 Å². The molecular weight excluding hydrogens is 427 g/mol. The second-order valence-electron chi connectivity index (χ2n) is 8.50. The largest absolute Gasteiger partial charge is 0.446 e. The number of aliphatic hydroxyl groups excluding tert-OH is 1. The first-order valence-corrected chi connectivity index (χ1v) is 11.0. The third-order valence-corrected chi connectivity index (χ3v) is 6.42. The monoisotopic (exact) mass is 452 g/mol. The fraction of sp³-hybridized carbons (Fsp3) is 0.375. The van der Waals surface area contributed by atoms with Crippen molar-refractivity contribution in [1.29, 1.82) is 0 Å². The summed E-state index contributed by atoms with van der Waals surface area (Å²) in [5, 5.41) is 14.0. The van der Waals surface area contributed by atoms with Crippen molar-refractivity contribution in [2.45, 2.75) is 44.8 Å². The normalized spacial score (nSPS) is 18.3. The lowest BCUT2D eigenvalue weighted by molar-refractivity contribution is 0.00590. The summed E-state index contributed by atoms with van der Waals surface area (Å²) in [7, 11) is 0. The van der Waals surface area contributed by atoms with Gasteiger partial charge in [-0.25, -0.2) is 14.2 Å². The van der Waals surface area contributed by atoms with E-state index in [9.17, 15) is 9.90 Å². The average Bonchev–Trinajstić information content (AvgIpc) is 3.19. The molecule has 1 atom stereocenters. The molecule has 1 aromatic carbocycles. The number of hydrogen-bond donors (Lipinski definition) is 3. The van der Waals surface area contributed by atoms with Crippen molar-refractivity contribution in [3.63, 3.8) is 0 Å². The SMILES string of the molecule is Cc1c(-c2cc3cc(NC(=O)OC4CCOCC4)ncc3c(N)c2F)cnc2c1[C@@H](O)CC2. The minimum atomic E-state index is -0.602. The predicted octanol–water partition coefficient (Wildman–Crippen LogP) is 4.03. The number of fused-ring (bicyclic) bond motifs is 2. The van der Waals surface area contributed by atoms with Crippen molar-refractivity contribution < 1.29 is 23.8 Å². The van der Waals surface area contributed by atoms with Gasteiger partial charge in [-0.15, -0.1) is 0 Å². The zero-order valence-electron chi connectivity index (χ0n) is 18.2. The van der Waals surface area contributed by atoms with Gasteiger partial charge in [0.05, 0.1) is 25.0 Å². The number of amides is 1. The van der Waals surface area contributed by atoms with Crippen LogP contribution in [0.3, 0.4) is 0 Å². The molecule has 0 radical (unpaired) electrons. The molecule has 2 aromatic heterocycles. The van der Waals surface area contributed by atoms with E-state index >= 15 is 4.39 Å². The summed E-state index contributed by atoms with van der Waals surface area (Å²) >= 11 is 0. The van der Waals surface area contributed by atoms with Crippen LogP contribution in [0, 0.1) is 12.7 Å². The van der Waals surface area contributed by atoms with Gasteiger partial charge in [-0.2, -0.15) is 0 Å². The summed E-state index contributed by atoms with van der Waals surface area (Å²) in [5.74, 6) is -0.294. The number of pyridine rings is 2. The van der Waals surface area contributed by atoms with Gasteiger partial charge < -0.3 is 20.3 Å². The highest BCUT2D eigenvalue weighted by Crippen LogP contribution is 2.40. The molecule has 0 unspecified atom stereocenters. The van der Waals surface area contributed by atoms with Gasteiger partial charge in [0.1, 0.15) is 11.9 Å². The lowest BCUT2D eigenvalue weighted by atomic mass is 9.94. The third kappa shape index (κ3) is 3.98. The van der Waals surface area contributed by atoms with Crippen LogP contribution in [0.15, 0.2) is 24.5 Å². The Morgan fingerprint density at radius 3 is 2.79 bits per heavy atom. The second kappa shape index (κ2) is 8.57. The van der Waals surface area contributed by atoms with E-state index < -0.39 is 18.0 Å². The number of nitrogen functional groups attached to an aromatic ring is 1. The van der Waals surface area contributed by atoms with Crippen LogP contribution in [0.5, 0.6) is 0 Å². The molecule has 3 aromatic rings. The van der Waals surface area contributed by atoms with Crippen LogP contribution < -0.4 is 11.1 Å². The lowest BCUT2D eigenvalue weighted by Crippen LogP contribution is -2.28. The molecule has 33 heavy (non-hydrogen) atoms. The number of hydrogen-bond acceptors (Lipinski definition) is 7. The topological polar surface area (TPSA) is 120 Å². The second-order valence-corrected chi connectivity index (χ2v) is 8.50. The van der Waals surface area contributed by atoms with Gasteiger partial charge in [-0.05, 0) is 42.8 Å². The maximum absolute atomic E-state index is 15.3. The summed E-state index contributed by atoms with van der Waals surface area (Å²) in [5.41, 5.74) is 9.33. The summed E-state index contributed by atoms with van der Waals surface area (Å²) in [6.07, 6.45) is 4.28. The van der Waals surface area contributed by atoms with Crippen molar-refractivity contribution in [2.75, 3.05) is 24.3 Å². The number of carbonyl (C=O) groups is 1. The van der Waals surface area contributed by atoms with Crippen LogP contribution in [0.25, 0.3) is 21.9 Å². The molecule has 5 rings (SSSR count). The zero-order chi connectivity index (χ0) is 23.1. The van der Waals surface area contributed by atoms with E-state index in [-0.39, 0.29) is 23.2 Å². The smallest absolute Gasteiger partial charge is 0.413 e.